The molecule has 2 N–H and O–H groups in total. The summed E-state index contributed by atoms with van der Waals surface area (Å²) in [5, 5.41) is 19.9. The van der Waals surface area contributed by atoms with Gasteiger partial charge in [-0.15, -0.1) is 0 Å². The number of phenols is 1. The Kier molecular flexibility index (Phi) is 2.95. The summed E-state index contributed by atoms with van der Waals surface area (Å²) in [7, 11) is 1.56. The topological polar surface area (TPSA) is 49.7 Å². The maximum atomic E-state index is 9.99. The highest BCUT2D eigenvalue weighted by Crippen LogP contribution is 2.38. The molecule has 0 saturated heterocycles. The molecule has 1 rings (SSSR count). The average molecular weight is 210 g/mol. The molecule has 0 unspecified atom stereocenters. The molecule has 0 amide bonds. The lowest BCUT2D eigenvalue weighted by Gasteiger charge is -2.23. The van der Waals surface area contributed by atoms with E-state index in [1.54, 1.807) is 27.9 Å². The lowest BCUT2D eigenvalue weighted by Crippen LogP contribution is -2.18. The van der Waals surface area contributed by atoms with Gasteiger partial charge in [-0.1, -0.05) is 0 Å². The van der Waals surface area contributed by atoms with Gasteiger partial charge in [-0.2, -0.15) is 0 Å². The summed E-state index contributed by atoms with van der Waals surface area (Å²) in [4.78, 5) is 0. The second kappa shape index (κ2) is 3.74. The van der Waals surface area contributed by atoms with Gasteiger partial charge in [-0.3, -0.25) is 0 Å². The van der Waals surface area contributed by atoms with E-state index in [1.807, 2.05) is 13.0 Å². The molecule has 15 heavy (non-hydrogen) atoms. The Labute approximate surface area is 90.3 Å². The molecule has 1 aromatic carbocycles. The van der Waals surface area contributed by atoms with Crippen LogP contribution in [0.3, 0.4) is 0 Å². The van der Waals surface area contributed by atoms with E-state index in [0.717, 1.165) is 5.56 Å². The van der Waals surface area contributed by atoms with E-state index >= 15 is 0 Å². The molecule has 3 heteroatoms. The maximum Gasteiger partial charge on any atom is 0.128 e. The van der Waals surface area contributed by atoms with E-state index in [0.29, 0.717) is 16.9 Å². The number of hydrogen-bond acceptors (Lipinski definition) is 3. The highest BCUT2D eigenvalue weighted by Gasteiger charge is 2.25. The van der Waals surface area contributed by atoms with Crippen molar-refractivity contribution in [2.45, 2.75) is 33.3 Å². The van der Waals surface area contributed by atoms with Gasteiger partial charge in [-0.25, -0.2) is 0 Å². The van der Waals surface area contributed by atoms with Crippen LogP contribution in [0.25, 0.3) is 0 Å². The minimum absolute atomic E-state index is 0.111. The minimum atomic E-state index is -1.05. The first kappa shape index (κ1) is 11.9. The fourth-order valence-corrected chi connectivity index (χ4v) is 1.85. The van der Waals surface area contributed by atoms with Gasteiger partial charge in [0.2, 0.25) is 0 Å². The Morgan fingerprint density at radius 2 is 1.80 bits per heavy atom. The van der Waals surface area contributed by atoms with E-state index in [1.165, 1.54) is 0 Å². The molecule has 0 bridgehead atoms. The summed E-state index contributed by atoms with van der Waals surface area (Å²) in [5.74, 6) is 0.748. The number of rotatable bonds is 2. The highest BCUT2D eigenvalue weighted by atomic mass is 16.5. The fourth-order valence-electron chi connectivity index (χ4n) is 1.85. The quantitative estimate of drug-likeness (QED) is 0.787. The van der Waals surface area contributed by atoms with Crippen LogP contribution < -0.4 is 4.74 Å². The monoisotopic (exact) mass is 210 g/mol. The van der Waals surface area contributed by atoms with Gasteiger partial charge in [0.25, 0.3) is 0 Å². The number of ether oxygens (including phenoxy) is 1. The Bertz CT molecular complexity index is 375. The number of benzene rings is 1. The van der Waals surface area contributed by atoms with Crippen molar-refractivity contribution in [3.63, 3.8) is 0 Å². The third-order valence-electron chi connectivity index (χ3n) is 2.54. The number of methoxy groups -OCH3 is 1. The standard InChI is InChI=1S/C12H18O3/c1-7-6-9(15-5)8(2)11(13)10(7)12(3,4)14/h6,13-14H,1-5H3. The molecule has 0 aliphatic carbocycles. The van der Waals surface area contributed by atoms with Gasteiger partial charge in [-0.05, 0) is 39.3 Å². The third kappa shape index (κ3) is 2.07. The molecule has 0 aliphatic rings. The molecule has 1 aromatic rings. The maximum absolute atomic E-state index is 9.99. The van der Waals surface area contributed by atoms with Crippen molar-refractivity contribution in [3.8, 4) is 11.5 Å². The fraction of sp³-hybridized carbons (Fsp3) is 0.500. The molecule has 0 atom stereocenters. The van der Waals surface area contributed by atoms with E-state index in [4.69, 9.17) is 4.74 Å². The van der Waals surface area contributed by atoms with Crippen LogP contribution in [0.4, 0.5) is 0 Å². The zero-order valence-corrected chi connectivity index (χ0v) is 9.88. The van der Waals surface area contributed by atoms with Crippen molar-refractivity contribution < 1.29 is 14.9 Å². The van der Waals surface area contributed by atoms with Crippen LogP contribution in [0.2, 0.25) is 0 Å². The molecule has 0 spiro atoms. The molecule has 0 aromatic heterocycles. The molecule has 0 aliphatic heterocycles. The summed E-state index contributed by atoms with van der Waals surface area (Å²) in [6.45, 7) is 6.92. The van der Waals surface area contributed by atoms with Gasteiger partial charge in [0.1, 0.15) is 11.5 Å². The number of hydrogen-bond donors (Lipinski definition) is 2. The van der Waals surface area contributed by atoms with Crippen LogP contribution in [0.15, 0.2) is 6.07 Å². The van der Waals surface area contributed by atoms with E-state index in [-0.39, 0.29) is 5.75 Å². The molecule has 0 heterocycles. The van der Waals surface area contributed by atoms with Crippen LogP contribution in [0.5, 0.6) is 11.5 Å². The van der Waals surface area contributed by atoms with E-state index in [9.17, 15) is 10.2 Å². The Balaban J connectivity index is 3.50. The van der Waals surface area contributed by atoms with Gasteiger partial charge in [0.05, 0.1) is 12.7 Å². The molecule has 0 fully saturated rings. The molecular formula is C12H18O3. The molecule has 3 nitrogen and oxygen atoms in total. The summed E-state index contributed by atoms with van der Waals surface area (Å²) in [5.41, 5.74) is 0.981. The first-order valence-electron chi connectivity index (χ1n) is 4.89. The van der Waals surface area contributed by atoms with Crippen LogP contribution in [-0.2, 0) is 5.60 Å². The smallest absolute Gasteiger partial charge is 0.128 e. The number of aryl methyl sites for hydroxylation is 1. The SMILES string of the molecule is COc1cc(C)c(C(C)(C)O)c(O)c1C. The molecule has 0 radical (unpaired) electrons. The lowest BCUT2D eigenvalue weighted by atomic mass is 9.90. The summed E-state index contributed by atoms with van der Waals surface area (Å²) < 4.78 is 5.13. The number of aliphatic hydroxyl groups is 1. The number of phenolic OH excluding ortho intramolecular Hbond substituents is 1. The molecule has 0 saturated carbocycles. The van der Waals surface area contributed by atoms with Crippen molar-refractivity contribution in [1.29, 1.82) is 0 Å². The zero-order valence-electron chi connectivity index (χ0n) is 9.88. The third-order valence-corrected chi connectivity index (χ3v) is 2.54. The lowest BCUT2D eigenvalue weighted by molar-refractivity contribution is 0.0749. The van der Waals surface area contributed by atoms with Crippen LogP contribution in [-0.4, -0.2) is 17.3 Å². The average Bonchev–Trinajstić information content (AvgIpc) is 2.09. The second-order valence-corrected chi connectivity index (χ2v) is 4.30. The predicted molar refractivity (Wildman–Crippen MR) is 59.4 cm³/mol. The van der Waals surface area contributed by atoms with Crippen molar-refractivity contribution in [1.82, 2.24) is 0 Å². The van der Waals surface area contributed by atoms with Crippen LogP contribution in [0.1, 0.15) is 30.5 Å². The largest absolute Gasteiger partial charge is 0.507 e. The minimum Gasteiger partial charge on any atom is -0.507 e. The van der Waals surface area contributed by atoms with Crippen LogP contribution >= 0.6 is 0 Å². The van der Waals surface area contributed by atoms with Crippen molar-refractivity contribution in [3.05, 3.63) is 22.8 Å². The Hall–Kier alpha value is -1.22. The van der Waals surface area contributed by atoms with Crippen molar-refractivity contribution in [2.24, 2.45) is 0 Å². The first-order valence-corrected chi connectivity index (χ1v) is 4.89. The van der Waals surface area contributed by atoms with Crippen molar-refractivity contribution in [2.75, 3.05) is 7.11 Å². The summed E-state index contributed by atoms with van der Waals surface area (Å²) >= 11 is 0. The Morgan fingerprint density at radius 3 is 2.20 bits per heavy atom. The normalized spacial score (nSPS) is 11.6. The highest BCUT2D eigenvalue weighted by molar-refractivity contribution is 5.54. The van der Waals surface area contributed by atoms with E-state index < -0.39 is 5.60 Å². The van der Waals surface area contributed by atoms with E-state index in [2.05, 4.69) is 0 Å². The van der Waals surface area contributed by atoms with Crippen molar-refractivity contribution >= 4 is 0 Å². The Morgan fingerprint density at radius 1 is 1.27 bits per heavy atom. The van der Waals surface area contributed by atoms with Gasteiger partial charge >= 0.3 is 0 Å². The number of aromatic hydroxyl groups is 1. The predicted octanol–water partition coefficient (Wildman–Crippen LogP) is 2.25. The second-order valence-electron chi connectivity index (χ2n) is 4.30. The zero-order chi connectivity index (χ0) is 11.8. The first-order chi connectivity index (χ1) is 6.79. The molecule has 84 valence electrons. The van der Waals surface area contributed by atoms with Gasteiger partial charge in [0.15, 0.2) is 0 Å². The molecular weight excluding hydrogens is 192 g/mol. The van der Waals surface area contributed by atoms with Gasteiger partial charge in [0, 0.05) is 11.1 Å². The van der Waals surface area contributed by atoms with Gasteiger partial charge < -0.3 is 14.9 Å². The summed E-state index contributed by atoms with van der Waals surface area (Å²) in [6, 6.07) is 1.82. The van der Waals surface area contributed by atoms with Crippen LogP contribution in [0, 0.1) is 13.8 Å². The summed E-state index contributed by atoms with van der Waals surface area (Å²) in [6.07, 6.45) is 0.